The first kappa shape index (κ1) is 9.98. The molecule has 78 valence electrons. The summed E-state index contributed by atoms with van der Waals surface area (Å²) in [5.41, 5.74) is 0.442. The molecule has 0 amide bonds. The van der Waals surface area contributed by atoms with Crippen molar-refractivity contribution in [1.82, 2.24) is 0 Å². The largest absolute Gasteiger partial charge is 0.451 e. The van der Waals surface area contributed by atoms with E-state index in [1.165, 1.54) is 0 Å². The fourth-order valence-electron chi connectivity index (χ4n) is 1.30. The quantitative estimate of drug-likeness (QED) is 0.681. The van der Waals surface area contributed by atoms with Crippen LogP contribution in [0.5, 0.6) is 0 Å². The predicted octanol–water partition coefficient (Wildman–Crippen LogP) is 1.48. The highest BCUT2D eigenvalue weighted by molar-refractivity contribution is 6.31. The van der Waals surface area contributed by atoms with Gasteiger partial charge in [-0.15, -0.1) is 0 Å². The first-order valence-corrected chi connectivity index (χ1v) is 4.67. The van der Waals surface area contributed by atoms with Gasteiger partial charge in [0.25, 0.3) is 0 Å². The van der Waals surface area contributed by atoms with Crippen molar-refractivity contribution in [2.75, 3.05) is 6.61 Å². The number of hydrogen-bond acceptors (Lipinski definition) is 4. The van der Waals surface area contributed by atoms with Crippen molar-refractivity contribution < 1.29 is 19.1 Å². The summed E-state index contributed by atoms with van der Waals surface area (Å²) < 4.78 is 9.51. The van der Waals surface area contributed by atoms with Gasteiger partial charge in [0.1, 0.15) is 0 Å². The van der Waals surface area contributed by atoms with Gasteiger partial charge in [-0.25, -0.2) is 9.59 Å². The lowest BCUT2D eigenvalue weighted by Gasteiger charge is -2.21. The van der Waals surface area contributed by atoms with Crippen LogP contribution >= 0.6 is 11.6 Å². The molecule has 0 aliphatic carbocycles. The average Bonchev–Trinajstić information content (AvgIpc) is 2.23. The van der Waals surface area contributed by atoms with Crippen LogP contribution in [0.25, 0.3) is 0 Å². The Hall–Kier alpha value is -1.55. The van der Waals surface area contributed by atoms with Crippen molar-refractivity contribution in [3.63, 3.8) is 0 Å². The Labute approximate surface area is 90.7 Å². The summed E-state index contributed by atoms with van der Waals surface area (Å²) >= 11 is 5.87. The molecule has 0 aromatic heterocycles. The second-order valence-corrected chi connectivity index (χ2v) is 3.41. The molecule has 1 aliphatic rings. The molecule has 0 radical (unpaired) electrons. The van der Waals surface area contributed by atoms with Gasteiger partial charge in [-0.1, -0.05) is 29.8 Å². The lowest BCUT2D eigenvalue weighted by atomic mass is 10.1. The summed E-state index contributed by atoms with van der Waals surface area (Å²) in [6.45, 7) is -0.334. The fraction of sp³-hybridized carbons (Fsp3) is 0.200. The lowest BCUT2D eigenvalue weighted by Crippen LogP contribution is -2.31. The van der Waals surface area contributed by atoms with Crippen molar-refractivity contribution in [3.05, 3.63) is 34.9 Å². The molecule has 15 heavy (non-hydrogen) atoms. The molecule has 5 heteroatoms. The highest BCUT2D eigenvalue weighted by Crippen LogP contribution is 2.28. The normalized spacial score (nSPS) is 20.7. The van der Waals surface area contributed by atoms with Gasteiger partial charge in [-0.05, 0) is 6.07 Å². The minimum Gasteiger partial charge on any atom is -0.451 e. The standard InChI is InChI=1S/C10H7ClO4/c11-7-4-2-1-3-6(7)9-10(13)14-5-8(12)15-9/h1-4,9H,5H2. The number of rotatable bonds is 1. The van der Waals surface area contributed by atoms with Crippen molar-refractivity contribution in [3.8, 4) is 0 Å². The first-order valence-electron chi connectivity index (χ1n) is 4.29. The summed E-state index contributed by atoms with van der Waals surface area (Å²) in [6, 6.07) is 6.66. The molecular formula is C10H7ClO4. The van der Waals surface area contributed by atoms with E-state index in [-0.39, 0.29) is 6.61 Å². The van der Waals surface area contributed by atoms with Crippen LogP contribution in [0.2, 0.25) is 5.02 Å². The molecule has 1 unspecified atom stereocenters. The van der Waals surface area contributed by atoms with Gasteiger partial charge in [0.05, 0.1) is 0 Å². The average molecular weight is 227 g/mol. The van der Waals surface area contributed by atoms with E-state index in [1.807, 2.05) is 0 Å². The second-order valence-electron chi connectivity index (χ2n) is 3.00. The van der Waals surface area contributed by atoms with Crippen LogP contribution in [0.4, 0.5) is 0 Å². The van der Waals surface area contributed by atoms with Crippen molar-refractivity contribution in [1.29, 1.82) is 0 Å². The molecule has 1 aliphatic heterocycles. The molecule has 2 rings (SSSR count). The number of hydrogen-bond donors (Lipinski definition) is 0. The van der Waals surface area contributed by atoms with Gasteiger partial charge in [-0.3, -0.25) is 0 Å². The van der Waals surface area contributed by atoms with Crippen molar-refractivity contribution in [2.45, 2.75) is 6.10 Å². The van der Waals surface area contributed by atoms with E-state index >= 15 is 0 Å². The summed E-state index contributed by atoms with van der Waals surface area (Å²) in [5, 5.41) is 0.370. The van der Waals surface area contributed by atoms with Crippen molar-refractivity contribution in [2.24, 2.45) is 0 Å². The lowest BCUT2D eigenvalue weighted by molar-refractivity contribution is -0.185. The van der Waals surface area contributed by atoms with Crippen LogP contribution in [-0.4, -0.2) is 18.5 Å². The van der Waals surface area contributed by atoms with Crippen LogP contribution in [0.15, 0.2) is 24.3 Å². The number of carbonyl (C=O) groups excluding carboxylic acids is 2. The molecule has 1 heterocycles. The third-order valence-corrected chi connectivity index (χ3v) is 2.33. The van der Waals surface area contributed by atoms with Crippen LogP contribution in [0, 0.1) is 0 Å². The number of carbonyl (C=O) groups is 2. The van der Waals surface area contributed by atoms with Gasteiger partial charge < -0.3 is 9.47 Å². The number of ether oxygens (including phenoxy) is 2. The molecule has 4 nitrogen and oxygen atoms in total. The summed E-state index contributed by atoms with van der Waals surface area (Å²) in [7, 11) is 0. The number of halogens is 1. The Balaban J connectivity index is 2.33. The van der Waals surface area contributed by atoms with Crippen molar-refractivity contribution >= 4 is 23.5 Å². The fourth-order valence-corrected chi connectivity index (χ4v) is 1.53. The van der Waals surface area contributed by atoms with Gasteiger partial charge in [-0.2, -0.15) is 0 Å². The zero-order chi connectivity index (χ0) is 10.8. The Kier molecular flexibility index (Phi) is 2.60. The zero-order valence-electron chi connectivity index (χ0n) is 7.60. The number of cyclic esters (lactones) is 2. The Morgan fingerprint density at radius 2 is 2.00 bits per heavy atom. The topological polar surface area (TPSA) is 52.6 Å². The molecule has 0 N–H and O–H groups in total. The van der Waals surface area contributed by atoms with Crippen LogP contribution in [0.1, 0.15) is 11.7 Å². The SMILES string of the molecule is O=C1COC(=O)C(c2ccccc2Cl)O1. The third kappa shape index (κ3) is 1.94. The molecule has 1 atom stereocenters. The van der Waals surface area contributed by atoms with E-state index in [0.29, 0.717) is 10.6 Å². The van der Waals surface area contributed by atoms with E-state index in [4.69, 9.17) is 16.3 Å². The van der Waals surface area contributed by atoms with Gasteiger partial charge in [0, 0.05) is 10.6 Å². The second kappa shape index (κ2) is 3.90. The zero-order valence-corrected chi connectivity index (χ0v) is 8.36. The summed E-state index contributed by atoms with van der Waals surface area (Å²) in [6.07, 6.45) is -1.04. The molecule has 0 saturated carbocycles. The predicted molar refractivity (Wildman–Crippen MR) is 51.2 cm³/mol. The van der Waals surface area contributed by atoms with E-state index in [9.17, 15) is 9.59 Å². The Morgan fingerprint density at radius 3 is 2.73 bits per heavy atom. The maximum absolute atomic E-state index is 11.3. The van der Waals surface area contributed by atoms with Gasteiger partial charge >= 0.3 is 11.9 Å². The maximum Gasteiger partial charge on any atom is 0.352 e. The van der Waals surface area contributed by atoms with E-state index in [2.05, 4.69) is 4.74 Å². The van der Waals surface area contributed by atoms with Crippen LogP contribution < -0.4 is 0 Å². The minimum absolute atomic E-state index is 0.334. The molecule has 1 saturated heterocycles. The molecular weight excluding hydrogens is 220 g/mol. The molecule has 1 fully saturated rings. The summed E-state index contributed by atoms with van der Waals surface area (Å²) in [5.74, 6) is -1.16. The first-order chi connectivity index (χ1) is 7.18. The summed E-state index contributed by atoms with van der Waals surface area (Å²) in [4.78, 5) is 22.3. The molecule has 1 aromatic rings. The van der Waals surface area contributed by atoms with E-state index in [0.717, 1.165) is 0 Å². The minimum atomic E-state index is -1.04. The molecule has 0 spiro atoms. The van der Waals surface area contributed by atoms with E-state index in [1.54, 1.807) is 24.3 Å². The smallest absolute Gasteiger partial charge is 0.352 e. The monoisotopic (exact) mass is 226 g/mol. The highest BCUT2D eigenvalue weighted by atomic mass is 35.5. The number of benzene rings is 1. The van der Waals surface area contributed by atoms with E-state index < -0.39 is 18.0 Å². The number of esters is 2. The molecule has 0 bridgehead atoms. The van der Waals surface area contributed by atoms with Gasteiger partial charge in [0.15, 0.2) is 6.61 Å². The maximum atomic E-state index is 11.3. The van der Waals surface area contributed by atoms with Crippen LogP contribution in [0.3, 0.4) is 0 Å². The van der Waals surface area contributed by atoms with Gasteiger partial charge in [0.2, 0.25) is 6.10 Å². The van der Waals surface area contributed by atoms with Crippen LogP contribution in [-0.2, 0) is 19.1 Å². The molecule has 1 aromatic carbocycles. The Bertz CT molecular complexity index is 416. The Morgan fingerprint density at radius 1 is 1.27 bits per heavy atom. The third-order valence-electron chi connectivity index (χ3n) is 1.98. The highest BCUT2D eigenvalue weighted by Gasteiger charge is 2.33.